The zero-order valence-corrected chi connectivity index (χ0v) is 13.2. The third-order valence-electron chi connectivity index (χ3n) is 3.11. The maximum absolute atomic E-state index is 12.1. The van der Waals surface area contributed by atoms with Crippen molar-refractivity contribution in [3.05, 3.63) is 45.4 Å². The van der Waals surface area contributed by atoms with E-state index in [1.807, 2.05) is 13.8 Å². The highest BCUT2D eigenvalue weighted by molar-refractivity contribution is 7.11. The van der Waals surface area contributed by atoms with E-state index in [9.17, 15) is 13.9 Å². The van der Waals surface area contributed by atoms with Gasteiger partial charge < -0.3 is 15.2 Å². The third-order valence-corrected chi connectivity index (χ3v) is 4.19. The van der Waals surface area contributed by atoms with Gasteiger partial charge in [-0.3, -0.25) is 0 Å². The first kappa shape index (κ1) is 16.8. The van der Waals surface area contributed by atoms with Gasteiger partial charge in [-0.25, -0.2) is 4.98 Å². The number of aliphatic hydroxyl groups excluding tert-OH is 1. The van der Waals surface area contributed by atoms with Crippen molar-refractivity contribution < 1.29 is 18.6 Å². The van der Waals surface area contributed by atoms with Crippen LogP contribution in [0.3, 0.4) is 0 Å². The fraction of sp³-hybridized carbons (Fsp3) is 0.400. The first-order valence-electron chi connectivity index (χ1n) is 6.82. The molecule has 1 aromatic carbocycles. The second-order valence-corrected chi connectivity index (χ2v) is 6.12. The van der Waals surface area contributed by atoms with Crippen molar-refractivity contribution in [2.45, 2.75) is 33.1 Å². The Morgan fingerprint density at radius 3 is 2.50 bits per heavy atom. The standard InChI is InChI=1S/C15H18F2N2O2S/c1-9-14(22-10(2)19-9)8-18-7-13(20)11-3-5-12(6-4-11)21-15(16)17/h3-6,13,15,18,20H,7-8H2,1-2H3. The summed E-state index contributed by atoms with van der Waals surface area (Å²) >= 11 is 1.63. The number of thiazole rings is 1. The Labute approximate surface area is 131 Å². The summed E-state index contributed by atoms with van der Waals surface area (Å²) in [6.07, 6.45) is -0.713. The van der Waals surface area contributed by atoms with Crippen LogP contribution in [0.1, 0.15) is 27.2 Å². The van der Waals surface area contributed by atoms with Crippen molar-refractivity contribution in [1.82, 2.24) is 10.3 Å². The van der Waals surface area contributed by atoms with Gasteiger partial charge in [0.05, 0.1) is 16.8 Å². The van der Waals surface area contributed by atoms with Crippen LogP contribution in [0.4, 0.5) is 8.78 Å². The first-order valence-corrected chi connectivity index (χ1v) is 7.64. The number of nitrogens with zero attached hydrogens (tertiary/aromatic N) is 1. The molecule has 0 aliphatic heterocycles. The van der Waals surface area contributed by atoms with E-state index in [2.05, 4.69) is 15.0 Å². The minimum Gasteiger partial charge on any atom is -0.435 e. The summed E-state index contributed by atoms with van der Waals surface area (Å²) in [7, 11) is 0. The van der Waals surface area contributed by atoms with Crippen LogP contribution in [0.5, 0.6) is 5.75 Å². The van der Waals surface area contributed by atoms with E-state index in [0.29, 0.717) is 18.7 Å². The van der Waals surface area contributed by atoms with E-state index in [-0.39, 0.29) is 5.75 Å². The molecule has 0 saturated carbocycles. The highest BCUT2D eigenvalue weighted by Crippen LogP contribution is 2.20. The Hall–Kier alpha value is -1.57. The average Bonchev–Trinajstić information content (AvgIpc) is 2.77. The van der Waals surface area contributed by atoms with Gasteiger partial charge in [0.15, 0.2) is 0 Å². The molecule has 1 aromatic heterocycles. The lowest BCUT2D eigenvalue weighted by atomic mass is 10.1. The summed E-state index contributed by atoms with van der Waals surface area (Å²) in [5, 5.41) is 14.3. The van der Waals surface area contributed by atoms with E-state index in [0.717, 1.165) is 15.6 Å². The maximum atomic E-state index is 12.1. The van der Waals surface area contributed by atoms with Gasteiger partial charge in [-0.2, -0.15) is 8.78 Å². The number of rotatable bonds is 7. The molecule has 0 saturated heterocycles. The summed E-state index contributed by atoms with van der Waals surface area (Å²) in [6.45, 7) is 2.08. The molecule has 2 aromatic rings. The molecule has 1 unspecified atom stereocenters. The number of hydrogen-bond donors (Lipinski definition) is 2. The number of aromatic nitrogens is 1. The Bertz CT molecular complexity index is 602. The number of benzene rings is 1. The van der Waals surface area contributed by atoms with Gasteiger partial charge in [0.2, 0.25) is 0 Å². The van der Waals surface area contributed by atoms with Crippen molar-refractivity contribution in [3.63, 3.8) is 0 Å². The minimum atomic E-state index is -2.84. The largest absolute Gasteiger partial charge is 0.435 e. The van der Waals surface area contributed by atoms with Crippen LogP contribution in [0.2, 0.25) is 0 Å². The molecule has 2 rings (SSSR count). The molecule has 0 aliphatic carbocycles. The van der Waals surface area contributed by atoms with Crippen molar-refractivity contribution >= 4 is 11.3 Å². The van der Waals surface area contributed by atoms with Crippen LogP contribution in [-0.4, -0.2) is 23.2 Å². The van der Waals surface area contributed by atoms with Crippen LogP contribution in [0.15, 0.2) is 24.3 Å². The summed E-state index contributed by atoms with van der Waals surface area (Å²) in [6, 6.07) is 5.99. The number of aliphatic hydroxyl groups is 1. The van der Waals surface area contributed by atoms with Crippen molar-refractivity contribution in [2.24, 2.45) is 0 Å². The van der Waals surface area contributed by atoms with Crippen LogP contribution in [0.25, 0.3) is 0 Å². The molecule has 22 heavy (non-hydrogen) atoms. The van der Waals surface area contributed by atoms with Gasteiger partial charge in [-0.1, -0.05) is 12.1 Å². The summed E-state index contributed by atoms with van der Waals surface area (Å²) in [4.78, 5) is 5.49. The predicted octanol–water partition coefficient (Wildman–Crippen LogP) is 3.18. The molecule has 1 heterocycles. The number of aryl methyl sites for hydroxylation is 2. The van der Waals surface area contributed by atoms with Crippen molar-refractivity contribution in [3.8, 4) is 5.75 Å². The molecule has 0 fully saturated rings. The second kappa shape index (κ2) is 7.62. The Morgan fingerprint density at radius 2 is 1.95 bits per heavy atom. The molecular weight excluding hydrogens is 310 g/mol. The fourth-order valence-electron chi connectivity index (χ4n) is 2.05. The molecule has 1 atom stereocenters. The molecule has 0 aliphatic rings. The summed E-state index contributed by atoms with van der Waals surface area (Å²) < 4.78 is 28.4. The lowest BCUT2D eigenvalue weighted by Crippen LogP contribution is -2.21. The van der Waals surface area contributed by atoms with Crippen molar-refractivity contribution in [2.75, 3.05) is 6.54 Å². The molecule has 2 N–H and O–H groups in total. The van der Waals surface area contributed by atoms with Crippen LogP contribution in [0, 0.1) is 13.8 Å². The van der Waals surface area contributed by atoms with Crippen LogP contribution in [-0.2, 0) is 6.54 Å². The highest BCUT2D eigenvalue weighted by atomic mass is 32.1. The van der Waals surface area contributed by atoms with E-state index in [4.69, 9.17) is 0 Å². The van der Waals surface area contributed by atoms with Crippen molar-refractivity contribution in [1.29, 1.82) is 0 Å². The number of halogens is 2. The normalized spacial score (nSPS) is 12.6. The molecule has 0 bridgehead atoms. The highest BCUT2D eigenvalue weighted by Gasteiger charge is 2.10. The van der Waals surface area contributed by atoms with E-state index in [1.165, 1.54) is 12.1 Å². The Kier molecular flexibility index (Phi) is 5.82. The van der Waals surface area contributed by atoms with Gasteiger partial charge in [0.1, 0.15) is 5.75 Å². The maximum Gasteiger partial charge on any atom is 0.387 e. The zero-order valence-electron chi connectivity index (χ0n) is 12.3. The topological polar surface area (TPSA) is 54.4 Å². The predicted molar refractivity (Wildman–Crippen MR) is 81.3 cm³/mol. The van der Waals surface area contributed by atoms with E-state index >= 15 is 0 Å². The quantitative estimate of drug-likeness (QED) is 0.820. The molecule has 7 heteroatoms. The average molecular weight is 328 g/mol. The molecule has 120 valence electrons. The van der Waals surface area contributed by atoms with Crippen LogP contribution < -0.4 is 10.1 Å². The Morgan fingerprint density at radius 1 is 1.27 bits per heavy atom. The SMILES string of the molecule is Cc1nc(C)c(CNCC(O)c2ccc(OC(F)F)cc2)s1. The lowest BCUT2D eigenvalue weighted by molar-refractivity contribution is -0.0498. The first-order chi connectivity index (χ1) is 10.5. The van der Waals surface area contributed by atoms with Gasteiger partial charge in [0, 0.05) is 18.0 Å². The third kappa shape index (κ3) is 4.72. The molecule has 0 amide bonds. The molecule has 0 spiro atoms. The van der Waals surface area contributed by atoms with E-state index < -0.39 is 12.7 Å². The zero-order chi connectivity index (χ0) is 16.1. The van der Waals surface area contributed by atoms with Gasteiger partial charge in [-0.05, 0) is 31.5 Å². The summed E-state index contributed by atoms with van der Waals surface area (Å²) in [5.74, 6) is 0.0784. The summed E-state index contributed by atoms with van der Waals surface area (Å²) in [5.41, 5.74) is 1.64. The molecule has 4 nitrogen and oxygen atoms in total. The molecule has 0 radical (unpaired) electrons. The number of hydrogen-bond acceptors (Lipinski definition) is 5. The number of ether oxygens (including phenoxy) is 1. The lowest BCUT2D eigenvalue weighted by Gasteiger charge is -2.13. The smallest absolute Gasteiger partial charge is 0.387 e. The fourth-order valence-corrected chi connectivity index (χ4v) is 2.96. The minimum absolute atomic E-state index is 0.0784. The van der Waals surface area contributed by atoms with Crippen LogP contribution >= 0.6 is 11.3 Å². The van der Waals surface area contributed by atoms with Gasteiger partial charge in [-0.15, -0.1) is 11.3 Å². The van der Waals surface area contributed by atoms with E-state index in [1.54, 1.807) is 23.5 Å². The van der Waals surface area contributed by atoms with Gasteiger partial charge >= 0.3 is 6.61 Å². The molecular formula is C15H18F2N2O2S. The monoisotopic (exact) mass is 328 g/mol. The Balaban J connectivity index is 1.84. The number of nitrogens with one attached hydrogen (secondary N) is 1. The number of alkyl halides is 2. The van der Waals surface area contributed by atoms with Gasteiger partial charge in [0.25, 0.3) is 0 Å². The second-order valence-electron chi connectivity index (χ2n) is 4.84.